The summed E-state index contributed by atoms with van der Waals surface area (Å²) in [5, 5.41) is 23.4. The molecule has 0 spiro atoms. The Kier molecular flexibility index (Phi) is 19.5. The smallest absolute Gasteiger partial charge is 0.311 e. The molecule has 15 nitrogen and oxygen atoms in total. The summed E-state index contributed by atoms with van der Waals surface area (Å²) < 4.78 is 58.3. The van der Waals surface area contributed by atoms with Gasteiger partial charge in [-0.1, -0.05) is 53.4 Å². The Morgan fingerprint density at radius 1 is 0.889 bits per heavy atom. The Labute approximate surface area is 378 Å². The predicted molar refractivity (Wildman–Crippen MR) is 236 cm³/mol. The standard InChI is InChI=1S/C48H85NO14/c1-16-36-48(11,54)41(52)29(4)39(51)27(2)25-46(9,55-14)42(63-45-38(49(12)13)35(24-28(3)58-45)57-23-19-22-34-20-17-18-21-34)30(5)40(31(6)44(53)61-36)62-37-26-47(10,56-15)43(32(7)59-37)60-33(8)50/h27-32,34-38,40-43,45,52,54H,16-26H2,1-15H3/t27-,28-,29+,30+,31-,32+,35-,36-,37-,38+,40+,41-,42-,43+,45+,46+,47-,48-/m1/s1. The van der Waals surface area contributed by atoms with Crippen molar-refractivity contribution in [2.75, 3.05) is 34.9 Å². The number of ketones is 1. The number of carbonyl (C=O) groups is 3. The van der Waals surface area contributed by atoms with Gasteiger partial charge < -0.3 is 52.8 Å². The maximum absolute atomic E-state index is 14.5. The lowest BCUT2D eigenvalue weighted by Gasteiger charge is -2.50. The van der Waals surface area contributed by atoms with E-state index in [1.165, 1.54) is 46.6 Å². The molecule has 1 saturated carbocycles. The van der Waals surface area contributed by atoms with Gasteiger partial charge in [-0.2, -0.15) is 0 Å². The van der Waals surface area contributed by atoms with E-state index in [0.29, 0.717) is 13.0 Å². The van der Waals surface area contributed by atoms with Crippen LogP contribution in [0.25, 0.3) is 0 Å². The first-order chi connectivity index (χ1) is 29.4. The van der Waals surface area contributed by atoms with Crippen molar-refractivity contribution >= 4 is 17.7 Å². The van der Waals surface area contributed by atoms with Gasteiger partial charge in [0.05, 0.1) is 54.2 Å². The van der Waals surface area contributed by atoms with Gasteiger partial charge >= 0.3 is 11.9 Å². The van der Waals surface area contributed by atoms with E-state index in [2.05, 4.69) is 4.90 Å². The highest BCUT2D eigenvalue weighted by Crippen LogP contribution is 2.43. The van der Waals surface area contributed by atoms with Crippen LogP contribution < -0.4 is 0 Å². The molecule has 15 heteroatoms. The van der Waals surface area contributed by atoms with Gasteiger partial charge in [-0.25, -0.2) is 0 Å². The number of rotatable bonds is 14. The second-order valence-electron chi connectivity index (χ2n) is 20.4. The number of cyclic esters (lactones) is 1. The third-order valence-corrected chi connectivity index (χ3v) is 15.0. The van der Waals surface area contributed by atoms with Gasteiger partial charge in [0.15, 0.2) is 18.7 Å². The number of carbonyl (C=O) groups excluding carboxylic acids is 3. The van der Waals surface area contributed by atoms with E-state index in [4.69, 9.17) is 42.6 Å². The number of methoxy groups -OCH3 is 2. The zero-order chi connectivity index (χ0) is 47.2. The van der Waals surface area contributed by atoms with Crippen molar-refractivity contribution in [3.8, 4) is 0 Å². The number of aliphatic hydroxyl groups excluding tert-OH is 1. The summed E-state index contributed by atoms with van der Waals surface area (Å²) in [6.45, 7) is 19.6. The Bertz CT molecular complexity index is 1470. The molecule has 2 N–H and O–H groups in total. The zero-order valence-corrected chi connectivity index (χ0v) is 41.3. The number of likely N-dealkylation sites (N-methyl/N-ethyl adjacent to an activating group) is 1. The minimum absolute atomic E-state index is 0.136. The monoisotopic (exact) mass is 900 g/mol. The molecule has 18 atom stereocenters. The van der Waals surface area contributed by atoms with Crippen molar-refractivity contribution in [3.05, 3.63) is 0 Å². The Morgan fingerprint density at radius 3 is 2.08 bits per heavy atom. The lowest BCUT2D eigenvalue weighted by molar-refractivity contribution is -0.318. The predicted octanol–water partition coefficient (Wildman–Crippen LogP) is 6.01. The summed E-state index contributed by atoms with van der Waals surface area (Å²) in [6, 6.07) is -0.333. The molecule has 63 heavy (non-hydrogen) atoms. The number of ether oxygens (including phenoxy) is 9. The molecule has 0 radical (unpaired) electrons. The number of hydrogen-bond donors (Lipinski definition) is 2. The number of esters is 2. The molecule has 0 bridgehead atoms. The quantitative estimate of drug-likeness (QED) is 0.153. The van der Waals surface area contributed by atoms with Crippen LogP contribution >= 0.6 is 0 Å². The SMILES string of the molecule is CC[C@H]1OC(=O)[C@H](C)[C@@H](O[C@@H]2C[C@@](C)(OC)[C@@H](OC(C)=O)[C@H](C)O2)[C@H](C)[C@@H](O[C@@H]2O[C@H](C)C[C@@H](OCCCC3CCCC3)[C@@H]2N(C)C)[C@@](C)(OC)C[C@@H](C)C(=O)[C@H](C)[C@@H](O)[C@]1(C)O. The van der Waals surface area contributed by atoms with Crippen LogP contribution in [0.5, 0.6) is 0 Å². The minimum Gasteiger partial charge on any atom is -0.459 e. The van der Waals surface area contributed by atoms with Crippen LogP contribution in [0, 0.1) is 29.6 Å². The number of nitrogens with zero attached hydrogens (tertiary/aromatic N) is 1. The normalized spacial score (nSPS) is 44.0. The van der Waals surface area contributed by atoms with Gasteiger partial charge in [0.25, 0.3) is 0 Å². The fourth-order valence-corrected chi connectivity index (χ4v) is 11.1. The molecule has 1 aliphatic carbocycles. The molecule has 3 heterocycles. The van der Waals surface area contributed by atoms with E-state index >= 15 is 0 Å². The first-order valence-electron chi connectivity index (χ1n) is 23.8. The first kappa shape index (κ1) is 53.8. The lowest BCUT2D eigenvalue weighted by Crippen LogP contribution is -2.62. The highest BCUT2D eigenvalue weighted by molar-refractivity contribution is 5.83. The highest BCUT2D eigenvalue weighted by atomic mass is 16.7. The molecular formula is C48H85NO14. The summed E-state index contributed by atoms with van der Waals surface area (Å²) in [5.41, 5.74) is -4.21. The van der Waals surface area contributed by atoms with Crippen LogP contribution in [-0.4, -0.2) is 152 Å². The molecule has 3 saturated heterocycles. The third kappa shape index (κ3) is 12.8. The molecule has 4 fully saturated rings. The molecule has 0 amide bonds. The summed E-state index contributed by atoms with van der Waals surface area (Å²) in [4.78, 5) is 43.1. The molecule has 4 rings (SSSR count). The summed E-state index contributed by atoms with van der Waals surface area (Å²) in [5.74, 6) is -4.06. The summed E-state index contributed by atoms with van der Waals surface area (Å²) in [6.07, 6.45) is 0.215. The van der Waals surface area contributed by atoms with Crippen molar-refractivity contribution in [1.82, 2.24) is 4.90 Å². The second kappa shape index (κ2) is 22.8. The van der Waals surface area contributed by atoms with E-state index in [0.717, 1.165) is 18.8 Å². The van der Waals surface area contributed by atoms with Crippen LogP contribution in [0.2, 0.25) is 0 Å². The third-order valence-electron chi connectivity index (χ3n) is 15.0. The molecule has 0 aromatic heterocycles. The van der Waals surface area contributed by atoms with Crippen molar-refractivity contribution in [2.24, 2.45) is 29.6 Å². The highest BCUT2D eigenvalue weighted by Gasteiger charge is 2.55. The van der Waals surface area contributed by atoms with Crippen LogP contribution in [-0.2, 0) is 57.0 Å². The van der Waals surface area contributed by atoms with Crippen LogP contribution in [0.3, 0.4) is 0 Å². The van der Waals surface area contributed by atoms with Gasteiger partial charge in [-0.3, -0.25) is 19.3 Å². The average molecular weight is 900 g/mol. The maximum atomic E-state index is 14.5. The lowest BCUT2D eigenvalue weighted by atomic mass is 9.74. The molecule has 366 valence electrons. The van der Waals surface area contributed by atoms with E-state index in [1.807, 2.05) is 41.8 Å². The molecule has 0 unspecified atom stereocenters. The van der Waals surface area contributed by atoms with Crippen molar-refractivity contribution in [3.63, 3.8) is 0 Å². The minimum atomic E-state index is -1.97. The number of Topliss-reactive ketones (excluding diaryl/α,β-unsaturated/α-hetero) is 1. The fraction of sp³-hybridized carbons (Fsp3) is 0.938. The molecule has 4 aliphatic rings. The van der Waals surface area contributed by atoms with Crippen LogP contribution in [0.15, 0.2) is 0 Å². The number of aliphatic hydroxyl groups is 2. The van der Waals surface area contributed by atoms with Gasteiger partial charge in [0, 0.05) is 58.3 Å². The second-order valence-corrected chi connectivity index (χ2v) is 20.4. The molecule has 0 aromatic rings. The van der Waals surface area contributed by atoms with Crippen LogP contribution in [0.4, 0.5) is 0 Å². The first-order valence-corrected chi connectivity index (χ1v) is 23.8. The average Bonchev–Trinajstić information content (AvgIpc) is 3.75. The van der Waals surface area contributed by atoms with Gasteiger partial charge in [-0.15, -0.1) is 0 Å². The maximum Gasteiger partial charge on any atom is 0.311 e. The zero-order valence-electron chi connectivity index (χ0n) is 41.3. The van der Waals surface area contributed by atoms with E-state index in [9.17, 15) is 24.6 Å². The van der Waals surface area contributed by atoms with Gasteiger partial charge in [-0.05, 0) is 87.2 Å². The Balaban J connectivity index is 1.82. The van der Waals surface area contributed by atoms with E-state index in [1.54, 1.807) is 41.7 Å². The van der Waals surface area contributed by atoms with E-state index in [-0.39, 0.29) is 43.3 Å². The Morgan fingerprint density at radius 2 is 1.51 bits per heavy atom. The fourth-order valence-electron chi connectivity index (χ4n) is 11.1. The largest absolute Gasteiger partial charge is 0.459 e. The van der Waals surface area contributed by atoms with Crippen molar-refractivity contribution in [1.29, 1.82) is 0 Å². The van der Waals surface area contributed by atoms with Crippen molar-refractivity contribution < 1.29 is 67.2 Å². The number of hydrogen-bond acceptors (Lipinski definition) is 15. The summed E-state index contributed by atoms with van der Waals surface area (Å²) >= 11 is 0. The van der Waals surface area contributed by atoms with Crippen LogP contribution in [0.1, 0.15) is 140 Å². The summed E-state index contributed by atoms with van der Waals surface area (Å²) in [7, 11) is 7.07. The Hall–Kier alpha value is -1.79. The molecular weight excluding hydrogens is 815 g/mol. The van der Waals surface area contributed by atoms with Crippen molar-refractivity contribution in [2.45, 2.75) is 225 Å². The topological polar surface area (TPSA) is 178 Å². The van der Waals surface area contributed by atoms with E-state index < -0.39 is 102 Å². The van der Waals surface area contributed by atoms with Gasteiger partial charge in [0.1, 0.15) is 23.1 Å². The molecule has 0 aromatic carbocycles. The molecule has 3 aliphatic heterocycles. The van der Waals surface area contributed by atoms with Gasteiger partial charge in [0.2, 0.25) is 0 Å².